The summed E-state index contributed by atoms with van der Waals surface area (Å²) in [6.45, 7) is -0.158. The van der Waals surface area contributed by atoms with E-state index >= 15 is 0 Å². The van der Waals surface area contributed by atoms with Crippen LogP contribution in [0.25, 0.3) is 0 Å². The molecular weight excluding hydrogens is 237 g/mol. The van der Waals surface area contributed by atoms with Crippen LogP contribution >= 0.6 is 12.4 Å². The molecule has 15 heavy (non-hydrogen) atoms. The molecule has 0 aromatic rings. The van der Waals surface area contributed by atoms with E-state index in [-0.39, 0.29) is 25.6 Å². The lowest BCUT2D eigenvalue weighted by Gasteiger charge is -2.14. The van der Waals surface area contributed by atoms with Crippen LogP contribution in [0.2, 0.25) is 0 Å². The number of alkyl halides is 3. The van der Waals surface area contributed by atoms with E-state index < -0.39 is 24.7 Å². The Morgan fingerprint density at radius 2 is 2.07 bits per heavy atom. The van der Waals surface area contributed by atoms with Crippen LogP contribution in [0.5, 0.6) is 0 Å². The second kappa shape index (κ2) is 7.72. The van der Waals surface area contributed by atoms with Crippen molar-refractivity contribution in [2.24, 2.45) is 5.73 Å². The van der Waals surface area contributed by atoms with Gasteiger partial charge in [-0.1, -0.05) is 0 Å². The van der Waals surface area contributed by atoms with E-state index in [2.05, 4.69) is 10.1 Å². The van der Waals surface area contributed by atoms with Crippen LogP contribution in [0, 0.1) is 0 Å². The van der Waals surface area contributed by atoms with Gasteiger partial charge in [-0.05, 0) is 6.92 Å². The number of ether oxygens (including phenoxy) is 1. The summed E-state index contributed by atoms with van der Waals surface area (Å²) in [5, 5.41) is 2.36. The predicted molar refractivity (Wildman–Crippen MR) is 50.8 cm³/mol. The smallest absolute Gasteiger partial charge is 0.370 e. The zero-order chi connectivity index (χ0) is 11.2. The fourth-order valence-corrected chi connectivity index (χ4v) is 0.727. The lowest BCUT2D eigenvalue weighted by Crippen LogP contribution is -2.40. The van der Waals surface area contributed by atoms with E-state index in [1.807, 2.05) is 0 Å². The topological polar surface area (TPSA) is 64.3 Å². The molecule has 8 heteroatoms. The largest absolute Gasteiger partial charge is 0.411 e. The van der Waals surface area contributed by atoms with Gasteiger partial charge in [0.2, 0.25) is 5.91 Å². The number of amides is 1. The predicted octanol–water partition coefficient (Wildman–Crippen LogP) is 0.451. The van der Waals surface area contributed by atoms with Gasteiger partial charge in [0.15, 0.2) is 0 Å². The summed E-state index contributed by atoms with van der Waals surface area (Å²) < 4.78 is 39.1. The maximum absolute atomic E-state index is 11.6. The van der Waals surface area contributed by atoms with Gasteiger partial charge in [0, 0.05) is 6.04 Å². The molecule has 0 rings (SSSR count). The summed E-state index contributed by atoms with van der Waals surface area (Å²) in [6.07, 6.45) is -4.34. The third kappa shape index (κ3) is 11.4. The van der Waals surface area contributed by atoms with Crippen molar-refractivity contribution in [1.29, 1.82) is 0 Å². The van der Waals surface area contributed by atoms with Gasteiger partial charge in [0.1, 0.15) is 6.61 Å². The van der Waals surface area contributed by atoms with Crippen molar-refractivity contribution in [3.05, 3.63) is 0 Å². The van der Waals surface area contributed by atoms with Crippen molar-refractivity contribution in [3.63, 3.8) is 0 Å². The highest BCUT2D eigenvalue weighted by Crippen LogP contribution is 2.14. The van der Waals surface area contributed by atoms with E-state index in [9.17, 15) is 18.0 Å². The van der Waals surface area contributed by atoms with Crippen LogP contribution in [-0.2, 0) is 9.53 Å². The molecule has 0 spiro atoms. The van der Waals surface area contributed by atoms with Crippen LogP contribution < -0.4 is 11.1 Å². The molecule has 0 saturated heterocycles. The Kier molecular flexibility index (Phi) is 8.69. The Morgan fingerprint density at radius 1 is 1.53 bits per heavy atom. The molecule has 0 fully saturated rings. The van der Waals surface area contributed by atoms with Gasteiger partial charge in [0.05, 0.1) is 13.2 Å². The van der Waals surface area contributed by atoms with Crippen molar-refractivity contribution >= 4 is 18.3 Å². The molecule has 0 aliphatic rings. The Labute approximate surface area is 91.7 Å². The van der Waals surface area contributed by atoms with Gasteiger partial charge in [-0.2, -0.15) is 13.2 Å². The van der Waals surface area contributed by atoms with Crippen LogP contribution in [0.1, 0.15) is 6.92 Å². The molecule has 4 nitrogen and oxygen atoms in total. The van der Waals surface area contributed by atoms with Crippen LogP contribution in [0.4, 0.5) is 13.2 Å². The molecule has 0 aliphatic carbocycles. The first kappa shape index (κ1) is 16.9. The monoisotopic (exact) mass is 250 g/mol. The lowest BCUT2D eigenvalue weighted by molar-refractivity contribution is -0.175. The van der Waals surface area contributed by atoms with Crippen molar-refractivity contribution in [3.8, 4) is 0 Å². The number of nitrogens with one attached hydrogen (secondary N) is 1. The summed E-state index contributed by atoms with van der Waals surface area (Å²) in [5.41, 5.74) is 4.99. The molecule has 1 amide bonds. The highest BCUT2D eigenvalue weighted by Gasteiger charge is 2.27. The zero-order valence-electron chi connectivity index (χ0n) is 8.13. The SMILES string of the molecule is CC(COCC(F)(F)F)NC(=O)CN.Cl. The first-order valence-corrected chi connectivity index (χ1v) is 3.99. The average Bonchev–Trinajstić information content (AvgIpc) is 2.01. The number of nitrogens with two attached hydrogens (primary N) is 1. The van der Waals surface area contributed by atoms with Crippen molar-refractivity contribution in [2.75, 3.05) is 19.8 Å². The second-order valence-corrected chi connectivity index (χ2v) is 2.80. The third-order valence-corrected chi connectivity index (χ3v) is 1.23. The third-order valence-electron chi connectivity index (χ3n) is 1.23. The number of rotatable bonds is 5. The van der Waals surface area contributed by atoms with Crippen LogP contribution in [0.3, 0.4) is 0 Å². The maximum atomic E-state index is 11.6. The Bertz CT molecular complexity index is 190. The van der Waals surface area contributed by atoms with E-state index in [0.717, 1.165) is 0 Å². The van der Waals surface area contributed by atoms with Gasteiger partial charge < -0.3 is 15.8 Å². The van der Waals surface area contributed by atoms with Gasteiger partial charge in [0.25, 0.3) is 0 Å². The zero-order valence-corrected chi connectivity index (χ0v) is 8.95. The highest BCUT2D eigenvalue weighted by atomic mass is 35.5. The van der Waals surface area contributed by atoms with Gasteiger partial charge in [-0.25, -0.2) is 0 Å². The number of hydrogen-bond acceptors (Lipinski definition) is 3. The molecular formula is C7H14ClF3N2O2. The number of carbonyl (C=O) groups is 1. The summed E-state index contributed by atoms with van der Waals surface area (Å²) in [7, 11) is 0. The minimum atomic E-state index is -4.34. The number of halogens is 4. The van der Waals surface area contributed by atoms with Crippen molar-refractivity contribution in [1.82, 2.24) is 5.32 Å². The highest BCUT2D eigenvalue weighted by molar-refractivity contribution is 5.85. The van der Waals surface area contributed by atoms with Crippen molar-refractivity contribution in [2.45, 2.75) is 19.1 Å². The molecule has 0 aromatic heterocycles. The fourth-order valence-electron chi connectivity index (χ4n) is 0.727. The first-order valence-electron chi connectivity index (χ1n) is 3.99. The van der Waals surface area contributed by atoms with Gasteiger partial charge >= 0.3 is 6.18 Å². The normalized spacial score (nSPS) is 12.9. The standard InChI is InChI=1S/C7H13F3N2O2.ClH/c1-5(12-6(13)2-11)3-14-4-7(8,9)10;/h5H,2-4,11H2,1H3,(H,12,13);1H. The van der Waals surface area contributed by atoms with E-state index in [4.69, 9.17) is 5.73 Å². The van der Waals surface area contributed by atoms with Crippen molar-refractivity contribution < 1.29 is 22.7 Å². The lowest BCUT2D eigenvalue weighted by atomic mass is 10.3. The molecule has 3 N–H and O–H groups in total. The quantitative estimate of drug-likeness (QED) is 0.745. The summed E-state index contributed by atoms with van der Waals surface area (Å²) in [4.78, 5) is 10.7. The molecule has 0 aromatic carbocycles. The van der Waals surface area contributed by atoms with Crippen LogP contribution in [-0.4, -0.2) is 37.9 Å². The maximum Gasteiger partial charge on any atom is 0.411 e. The molecule has 92 valence electrons. The number of carbonyl (C=O) groups excluding carboxylic acids is 1. The molecule has 0 heterocycles. The summed E-state index contributed by atoms with van der Waals surface area (Å²) in [5.74, 6) is -0.423. The molecule has 0 radical (unpaired) electrons. The van der Waals surface area contributed by atoms with E-state index in [1.165, 1.54) is 6.92 Å². The molecule has 0 bridgehead atoms. The molecule has 0 aliphatic heterocycles. The van der Waals surface area contributed by atoms with E-state index in [1.54, 1.807) is 0 Å². The summed E-state index contributed by atoms with van der Waals surface area (Å²) >= 11 is 0. The molecule has 0 saturated carbocycles. The second-order valence-electron chi connectivity index (χ2n) is 2.80. The summed E-state index contributed by atoms with van der Waals surface area (Å²) in [6, 6.07) is -0.478. The Hall–Kier alpha value is -0.530. The number of hydrogen-bond donors (Lipinski definition) is 2. The Balaban J connectivity index is 0. The van der Waals surface area contributed by atoms with Gasteiger partial charge in [-0.3, -0.25) is 4.79 Å². The first-order chi connectivity index (χ1) is 6.35. The van der Waals surface area contributed by atoms with E-state index in [0.29, 0.717) is 0 Å². The minimum absolute atomic E-state index is 0. The fraction of sp³-hybridized carbons (Fsp3) is 0.857. The minimum Gasteiger partial charge on any atom is -0.370 e. The molecule has 1 atom stereocenters. The van der Waals surface area contributed by atoms with Crippen LogP contribution in [0.15, 0.2) is 0 Å². The Morgan fingerprint density at radius 3 is 2.47 bits per heavy atom. The van der Waals surface area contributed by atoms with Gasteiger partial charge in [-0.15, -0.1) is 12.4 Å². The molecule has 1 unspecified atom stereocenters. The average molecular weight is 251 g/mol.